The molecule has 0 atom stereocenters. The minimum absolute atomic E-state index is 0. The van der Waals surface area contributed by atoms with E-state index in [-0.39, 0.29) is 69.0 Å². The van der Waals surface area contributed by atoms with E-state index < -0.39 is 22.4 Å². The molecule has 2 aliphatic carbocycles. The molecule has 0 bridgehead atoms. The van der Waals surface area contributed by atoms with Crippen molar-refractivity contribution >= 4 is 66.1 Å². The lowest BCUT2D eigenvalue weighted by atomic mass is 9.80. The molecule has 0 aromatic carbocycles. The molecule has 7 fully saturated rings. The normalized spacial score (nSPS) is 21.4. The average Bonchev–Trinajstić information content (AvgIpc) is 1.83. The van der Waals surface area contributed by atoms with Crippen molar-refractivity contribution in [3.05, 3.63) is 23.4 Å². The van der Waals surface area contributed by atoms with Crippen molar-refractivity contribution in [2.45, 2.75) is 253 Å². The zero-order valence-corrected chi connectivity index (χ0v) is 58.0. The van der Waals surface area contributed by atoms with Crippen LogP contribution < -0.4 is 5.32 Å². The van der Waals surface area contributed by atoms with Crippen LogP contribution in [0, 0.1) is 16.2 Å². The van der Waals surface area contributed by atoms with Gasteiger partial charge in [-0.25, -0.2) is 19.2 Å². The molecule has 2 aromatic heterocycles. The number of hydrogen-bond acceptors (Lipinski definition) is 20. The first-order valence-corrected chi connectivity index (χ1v) is 32.0. The number of piperidine rings is 5. The Morgan fingerprint density at radius 3 is 1.12 bits per heavy atom. The van der Waals surface area contributed by atoms with Gasteiger partial charge in [0, 0.05) is 97.5 Å². The van der Waals surface area contributed by atoms with Crippen LogP contribution in [0.1, 0.15) is 243 Å². The average molecular weight is 1300 g/mol. The van der Waals surface area contributed by atoms with Crippen molar-refractivity contribution in [3.8, 4) is 0 Å². The van der Waals surface area contributed by atoms with Crippen LogP contribution in [0.4, 0.5) is 19.2 Å². The molecule has 4 amide bonds. The maximum atomic E-state index is 12.1. The Bertz CT molecular complexity index is 2650. The van der Waals surface area contributed by atoms with Crippen LogP contribution in [0.15, 0.2) is 19.4 Å². The van der Waals surface area contributed by atoms with Gasteiger partial charge in [0.25, 0.3) is 0 Å². The number of ether oxygens (including phenoxy) is 4. The molecule has 24 nitrogen and oxygen atoms in total. The van der Waals surface area contributed by atoms with Gasteiger partial charge in [0.15, 0.2) is 16.8 Å². The number of halogens is 2. The minimum Gasteiger partial charge on any atom is -0.444 e. The Kier molecular flexibility index (Phi) is 26.6. The second-order valence-electron chi connectivity index (χ2n) is 30.3. The molecule has 5 aliphatic heterocycles. The van der Waals surface area contributed by atoms with Gasteiger partial charge in [-0.1, -0.05) is 61.7 Å². The van der Waals surface area contributed by atoms with E-state index in [4.69, 9.17) is 50.0 Å². The quantitative estimate of drug-likeness (QED) is 0.0763. The maximum absolute atomic E-state index is 12.1. The van der Waals surface area contributed by atoms with Gasteiger partial charge in [0.2, 0.25) is 11.8 Å². The molecule has 2 saturated carbocycles. The number of carbonyl (C=O) groups is 5. The molecular formula is C63H107Cl2N11O13. The topological polar surface area (TPSA) is 290 Å². The van der Waals surface area contributed by atoms with Crippen LogP contribution in [-0.4, -0.2) is 180 Å². The van der Waals surface area contributed by atoms with Gasteiger partial charge in [-0.15, -0.1) is 17.6 Å². The number of nitrogens with one attached hydrogen (secondary N) is 1. The van der Waals surface area contributed by atoms with Crippen LogP contribution in [0.25, 0.3) is 0 Å². The zero-order valence-electron chi connectivity index (χ0n) is 56.4. The summed E-state index contributed by atoms with van der Waals surface area (Å²) in [5.74, 6) is 4.41. The van der Waals surface area contributed by atoms with E-state index in [1.54, 1.807) is 25.8 Å². The summed E-state index contributed by atoms with van der Waals surface area (Å²) in [4.78, 5) is 74.3. The third-order valence-corrected chi connectivity index (χ3v) is 17.4. The first-order chi connectivity index (χ1) is 40.7. The SMILES string of the molecule is CC(C)(C)OC(=O)N1CCC(C)(C(Cl)=NO)CC1.CC(C)(C)OC(=O)N1CCC(C)(c2noc(C3CC3)n2)CC1.CC1(C=NO)CCN(C(=O)OC(C)(C)C)CC1.CC1(C=O)CCN(C(=O)OC(C)(C)C)CC1.CC1(c2noc(C3CC3)n2)CCNCC1.Cl. The molecule has 89 heavy (non-hydrogen) atoms. The molecule has 3 N–H and O–H groups in total. The summed E-state index contributed by atoms with van der Waals surface area (Å²) in [6.45, 7) is 39.6. The standard InChI is InChI=1S/C16H25N3O3.C12H21ClN2O3.C12H22N2O3.C12H21NO3.C11H17N3O.ClH/c1-15(2,3)21-14(20)19-9-7-16(4,8-10-19)13-17-12(22-18-13)11-5-6-11;1-11(2,3)18-10(16)15-7-5-12(4,6-8-15)9(13)14-17;1-11(2,3)17-10(15)14-7-5-12(4,6-8-14)9-13-16;1-11(2,3)16-10(15)13-7-5-12(4,9-14)6-8-13;1-11(4-6-12-7-5-11)10-13-9(15-14-10)8-2-3-8;/h11H,5-10H2,1-4H3;17H,5-8H2,1-4H3;9,16H,5-8H2,1-4H3;9H,5-8H2,1-4H3;8,12H,2-7H2,1H3;1H. The fourth-order valence-electron chi connectivity index (χ4n) is 10.2. The summed E-state index contributed by atoms with van der Waals surface area (Å²) < 4.78 is 32.0. The molecule has 9 rings (SSSR count). The smallest absolute Gasteiger partial charge is 0.410 e. The maximum Gasteiger partial charge on any atom is 0.410 e. The summed E-state index contributed by atoms with van der Waals surface area (Å²) in [5, 5.41) is 35.4. The van der Waals surface area contributed by atoms with Crippen LogP contribution in [0.3, 0.4) is 0 Å². The molecular weight excluding hydrogens is 1190 g/mol. The number of hydrogen-bond donors (Lipinski definition) is 3. The van der Waals surface area contributed by atoms with Gasteiger partial charge in [-0.3, -0.25) is 0 Å². The molecule has 0 unspecified atom stereocenters. The summed E-state index contributed by atoms with van der Waals surface area (Å²) in [7, 11) is 0. The van der Waals surface area contributed by atoms with Crippen molar-refractivity contribution in [3.63, 3.8) is 0 Å². The molecule has 7 heterocycles. The first-order valence-electron chi connectivity index (χ1n) is 31.6. The van der Waals surface area contributed by atoms with Gasteiger partial charge in [0.05, 0.1) is 0 Å². The number of aromatic nitrogens is 4. The predicted molar refractivity (Wildman–Crippen MR) is 341 cm³/mol. The Morgan fingerprint density at radius 2 is 0.831 bits per heavy atom. The number of rotatable bonds is 7. The Hall–Kier alpha value is -5.49. The van der Waals surface area contributed by atoms with Gasteiger partial charge in [-0.05, 0) is 186 Å². The van der Waals surface area contributed by atoms with Gasteiger partial charge in [-0.2, -0.15) is 9.97 Å². The molecule has 506 valence electrons. The highest BCUT2D eigenvalue weighted by Gasteiger charge is 2.42. The van der Waals surface area contributed by atoms with Crippen LogP contribution >= 0.6 is 24.0 Å². The van der Waals surface area contributed by atoms with Crippen molar-refractivity contribution in [1.82, 2.24) is 45.2 Å². The largest absolute Gasteiger partial charge is 0.444 e. The van der Waals surface area contributed by atoms with Gasteiger partial charge >= 0.3 is 24.4 Å². The van der Waals surface area contributed by atoms with E-state index in [1.165, 1.54) is 12.8 Å². The summed E-state index contributed by atoms with van der Waals surface area (Å²) in [6.07, 6.45) is 14.4. The third-order valence-electron chi connectivity index (χ3n) is 16.9. The minimum atomic E-state index is -0.484. The van der Waals surface area contributed by atoms with Crippen LogP contribution in [0.2, 0.25) is 0 Å². The predicted octanol–water partition coefficient (Wildman–Crippen LogP) is 13.0. The van der Waals surface area contributed by atoms with E-state index in [2.05, 4.69) is 49.8 Å². The van der Waals surface area contributed by atoms with E-state index in [0.29, 0.717) is 77.0 Å². The highest BCUT2D eigenvalue weighted by molar-refractivity contribution is 6.66. The number of oxime groups is 2. The van der Waals surface area contributed by atoms with Crippen LogP contribution in [-0.2, 0) is 34.6 Å². The molecule has 26 heteroatoms. The zero-order chi connectivity index (χ0) is 65.7. The Morgan fingerprint density at radius 1 is 0.528 bits per heavy atom. The fraction of sp³-hybridized carbons (Fsp3) is 0.825. The van der Waals surface area contributed by atoms with Crippen molar-refractivity contribution in [2.24, 2.45) is 26.6 Å². The second-order valence-corrected chi connectivity index (χ2v) is 30.7. The molecule has 0 spiro atoms. The Labute approximate surface area is 539 Å². The number of amides is 4. The molecule has 0 radical (unpaired) electrons. The van der Waals surface area contributed by atoms with E-state index in [0.717, 1.165) is 107 Å². The number of carbonyl (C=O) groups excluding carboxylic acids is 5. The number of nitrogens with zero attached hydrogens (tertiary/aromatic N) is 10. The summed E-state index contributed by atoms with van der Waals surface area (Å²) in [5.41, 5.74) is -2.57. The monoisotopic (exact) mass is 1300 g/mol. The summed E-state index contributed by atoms with van der Waals surface area (Å²) >= 11 is 5.88. The van der Waals surface area contributed by atoms with E-state index in [9.17, 15) is 24.0 Å². The lowest BCUT2D eigenvalue weighted by Gasteiger charge is -2.38. The van der Waals surface area contributed by atoms with Crippen molar-refractivity contribution in [2.75, 3.05) is 65.4 Å². The summed E-state index contributed by atoms with van der Waals surface area (Å²) in [6, 6.07) is 0. The second kappa shape index (κ2) is 31.2. The Balaban J connectivity index is 0.000000239. The van der Waals surface area contributed by atoms with Crippen molar-refractivity contribution < 1.29 is 62.4 Å². The van der Waals surface area contributed by atoms with Gasteiger partial charge < -0.3 is 68.1 Å². The molecule has 7 aliphatic rings. The molecule has 2 aromatic rings. The molecule has 5 saturated heterocycles. The number of likely N-dealkylation sites (tertiary alicyclic amines) is 4. The van der Waals surface area contributed by atoms with Crippen molar-refractivity contribution in [1.29, 1.82) is 0 Å². The van der Waals surface area contributed by atoms with E-state index in [1.807, 2.05) is 104 Å². The lowest BCUT2D eigenvalue weighted by Crippen LogP contribution is -2.46. The lowest BCUT2D eigenvalue weighted by molar-refractivity contribution is -0.117. The van der Waals surface area contributed by atoms with E-state index >= 15 is 0 Å². The number of aldehydes is 1. The third kappa shape index (κ3) is 24.6. The van der Waals surface area contributed by atoms with Gasteiger partial charge in [0.1, 0.15) is 28.7 Å². The highest BCUT2D eigenvalue weighted by atomic mass is 35.5. The van der Waals surface area contributed by atoms with Crippen LogP contribution in [0.5, 0.6) is 0 Å². The first kappa shape index (κ1) is 76.0. The highest BCUT2D eigenvalue weighted by Crippen LogP contribution is 2.43. The fourth-order valence-corrected chi connectivity index (χ4v) is 10.4.